The van der Waals surface area contributed by atoms with E-state index in [0.717, 1.165) is 9.87 Å². The van der Waals surface area contributed by atoms with Crippen LogP contribution in [0, 0.1) is 0 Å². The van der Waals surface area contributed by atoms with Crippen LogP contribution >= 0.6 is 11.6 Å². The summed E-state index contributed by atoms with van der Waals surface area (Å²) in [5.41, 5.74) is 2.29. The molecule has 1 heterocycles. The number of carbonyl (C=O) groups excluding carboxylic acids is 2. The minimum absolute atomic E-state index is 0.0944. The summed E-state index contributed by atoms with van der Waals surface area (Å²) in [6.45, 7) is 2.27. The first-order valence-electron chi connectivity index (χ1n) is 8.21. The van der Waals surface area contributed by atoms with Gasteiger partial charge < -0.3 is 10.2 Å². The van der Waals surface area contributed by atoms with Crippen LogP contribution in [-0.4, -0.2) is 67.0 Å². The number of hydrogen-bond acceptors (Lipinski definition) is 5. The molecule has 4 N–H and O–H groups in total. The Hall–Kier alpha value is -1.92. The monoisotopic (exact) mass is 419 g/mol. The second kappa shape index (κ2) is 9.33. The third-order valence-corrected chi connectivity index (χ3v) is 6.00. The molecule has 2 rings (SSSR count). The maximum Gasteiger partial charge on any atom is 0.317 e. The normalized spacial score (nSPS) is 16.6. The average molecular weight is 420 g/mol. The lowest BCUT2D eigenvalue weighted by atomic mass is 10.2. The molecule has 1 fully saturated rings. The van der Waals surface area contributed by atoms with Gasteiger partial charge in [-0.15, -0.1) is 0 Å². The van der Waals surface area contributed by atoms with Crippen LogP contribution in [0.25, 0.3) is 0 Å². The highest BCUT2D eigenvalue weighted by Gasteiger charge is 2.31. The minimum Gasteiger partial charge on any atom is -0.334 e. The van der Waals surface area contributed by atoms with Crippen molar-refractivity contribution in [3.8, 4) is 0 Å². The fraction of sp³-hybridized carbons (Fsp3) is 0.467. The highest BCUT2D eigenvalue weighted by Crippen LogP contribution is 2.10. The number of halogens is 1. The largest absolute Gasteiger partial charge is 0.334 e. The summed E-state index contributed by atoms with van der Waals surface area (Å²) < 4.78 is 27.8. The number of urea groups is 1. The molecule has 1 aromatic carbocycles. The fourth-order valence-electron chi connectivity index (χ4n) is 2.47. The lowest BCUT2D eigenvalue weighted by Gasteiger charge is -2.34. The van der Waals surface area contributed by atoms with Gasteiger partial charge in [-0.25, -0.2) is 10.3 Å². The van der Waals surface area contributed by atoms with Gasteiger partial charge in [0.25, 0.3) is 16.1 Å². The molecule has 0 bridgehead atoms. The molecule has 1 aliphatic rings. The second-order valence-corrected chi connectivity index (χ2v) is 8.13. The SMILES string of the molecule is CC(NS(=O)(=O)N1CCN(C(=O)NCc2ccc(Cl)cc2)CC1)C(=O)NO. The number of carbonyl (C=O) groups is 2. The summed E-state index contributed by atoms with van der Waals surface area (Å²) in [6, 6.07) is 5.67. The molecule has 1 saturated heterocycles. The van der Waals surface area contributed by atoms with Gasteiger partial charge in [0, 0.05) is 37.7 Å². The first-order valence-corrected chi connectivity index (χ1v) is 10.0. The molecule has 1 aromatic rings. The number of nitrogens with zero attached hydrogens (tertiary/aromatic N) is 2. The van der Waals surface area contributed by atoms with Gasteiger partial charge in [-0.05, 0) is 24.6 Å². The summed E-state index contributed by atoms with van der Waals surface area (Å²) in [5.74, 6) is -0.862. The lowest BCUT2D eigenvalue weighted by molar-refractivity contribution is -0.130. The van der Waals surface area contributed by atoms with Crippen LogP contribution in [-0.2, 0) is 21.5 Å². The van der Waals surface area contributed by atoms with Gasteiger partial charge in [-0.1, -0.05) is 23.7 Å². The van der Waals surface area contributed by atoms with Crippen molar-refractivity contribution in [3.63, 3.8) is 0 Å². The molecule has 0 spiro atoms. The quantitative estimate of drug-likeness (QED) is 0.377. The van der Waals surface area contributed by atoms with Gasteiger partial charge in [0.05, 0.1) is 0 Å². The van der Waals surface area contributed by atoms with E-state index in [1.54, 1.807) is 12.1 Å². The van der Waals surface area contributed by atoms with Gasteiger partial charge in [0.1, 0.15) is 6.04 Å². The molecule has 0 radical (unpaired) electrons. The number of nitrogens with one attached hydrogen (secondary N) is 3. The number of rotatable bonds is 6. The Labute approximate surface area is 162 Å². The van der Waals surface area contributed by atoms with E-state index in [9.17, 15) is 18.0 Å². The third-order valence-electron chi connectivity index (χ3n) is 4.05. The van der Waals surface area contributed by atoms with Crippen LogP contribution < -0.4 is 15.5 Å². The Morgan fingerprint density at radius 3 is 2.33 bits per heavy atom. The first kappa shape index (κ1) is 21.4. The van der Waals surface area contributed by atoms with E-state index in [2.05, 4.69) is 10.0 Å². The Balaban J connectivity index is 1.82. The van der Waals surface area contributed by atoms with Gasteiger partial charge in [0.2, 0.25) is 0 Å². The molecular weight excluding hydrogens is 398 g/mol. The molecular formula is C15H22ClN5O5S. The van der Waals surface area contributed by atoms with Crippen molar-refractivity contribution in [2.24, 2.45) is 0 Å². The minimum atomic E-state index is -3.91. The first-order chi connectivity index (χ1) is 12.7. The molecule has 1 atom stereocenters. The summed E-state index contributed by atoms with van der Waals surface area (Å²) >= 11 is 5.81. The number of hydroxylamine groups is 1. The van der Waals surface area contributed by atoms with E-state index >= 15 is 0 Å². The second-order valence-electron chi connectivity index (χ2n) is 5.99. The highest BCUT2D eigenvalue weighted by molar-refractivity contribution is 7.87. The molecule has 1 unspecified atom stereocenters. The Morgan fingerprint density at radius 1 is 1.19 bits per heavy atom. The van der Waals surface area contributed by atoms with Crippen LogP contribution in [0.3, 0.4) is 0 Å². The van der Waals surface area contributed by atoms with Crippen LogP contribution in [0.1, 0.15) is 12.5 Å². The maximum atomic E-state index is 12.3. The zero-order chi connectivity index (χ0) is 20.0. The lowest BCUT2D eigenvalue weighted by Crippen LogP contribution is -2.57. The van der Waals surface area contributed by atoms with E-state index in [4.69, 9.17) is 16.8 Å². The molecule has 27 heavy (non-hydrogen) atoms. The molecule has 150 valence electrons. The summed E-state index contributed by atoms with van der Waals surface area (Å²) in [7, 11) is -3.91. The van der Waals surface area contributed by atoms with Crippen LogP contribution in [0.5, 0.6) is 0 Å². The topological polar surface area (TPSA) is 131 Å². The van der Waals surface area contributed by atoms with Crippen molar-refractivity contribution in [2.45, 2.75) is 19.5 Å². The van der Waals surface area contributed by atoms with Crippen LogP contribution in [0.15, 0.2) is 24.3 Å². The standard InChI is InChI=1S/C15H22ClN5O5S/c1-11(14(22)18-24)19-27(25,26)21-8-6-20(7-9-21)15(23)17-10-12-2-4-13(16)5-3-12/h2-5,11,19,24H,6-10H2,1H3,(H,17,23)(H,18,22). The van der Waals surface area contributed by atoms with E-state index in [-0.39, 0.29) is 32.2 Å². The zero-order valence-corrected chi connectivity index (χ0v) is 16.3. The van der Waals surface area contributed by atoms with Crippen LogP contribution in [0.4, 0.5) is 4.79 Å². The van der Waals surface area contributed by atoms with Crippen molar-refractivity contribution in [3.05, 3.63) is 34.9 Å². The van der Waals surface area contributed by atoms with Gasteiger partial charge >= 0.3 is 6.03 Å². The van der Waals surface area contributed by atoms with E-state index < -0.39 is 22.2 Å². The predicted octanol–water partition coefficient (Wildman–Crippen LogP) is -0.104. The number of hydrogen-bond donors (Lipinski definition) is 4. The van der Waals surface area contributed by atoms with Crippen molar-refractivity contribution < 1.29 is 23.2 Å². The van der Waals surface area contributed by atoms with Crippen molar-refractivity contribution in [2.75, 3.05) is 26.2 Å². The van der Waals surface area contributed by atoms with Crippen LogP contribution in [0.2, 0.25) is 5.02 Å². The summed E-state index contributed by atoms with van der Waals surface area (Å²) in [4.78, 5) is 25.0. The van der Waals surface area contributed by atoms with Crippen molar-refractivity contribution in [1.82, 2.24) is 24.7 Å². The number of piperazine rings is 1. The Kier molecular flexibility index (Phi) is 7.39. The molecule has 0 saturated carbocycles. The molecule has 0 aliphatic carbocycles. The van der Waals surface area contributed by atoms with E-state index in [1.165, 1.54) is 17.3 Å². The fourth-order valence-corrected chi connectivity index (χ4v) is 3.94. The molecule has 1 aliphatic heterocycles. The predicted molar refractivity (Wildman–Crippen MR) is 98.3 cm³/mol. The van der Waals surface area contributed by atoms with Gasteiger partial charge in [-0.3, -0.25) is 10.0 Å². The summed E-state index contributed by atoms with van der Waals surface area (Å²) in [5, 5.41) is 11.9. The van der Waals surface area contributed by atoms with Crippen molar-refractivity contribution in [1.29, 1.82) is 0 Å². The molecule has 10 nitrogen and oxygen atoms in total. The zero-order valence-electron chi connectivity index (χ0n) is 14.7. The summed E-state index contributed by atoms with van der Waals surface area (Å²) in [6.07, 6.45) is 0. The molecule has 0 aromatic heterocycles. The third kappa shape index (κ3) is 6.04. The van der Waals surface area contributed by atoms with Gasteiger partial charge in [0.15, 0.2) is 0 Å². The average Bonchev–Trinajstić information content (AvgIpc) is 2.66. The van der Waals surface area contributed by atoms with E-state index in [1.807, 2.05) is 12.1 Å². The van der Waals surface area contributed by atoms with E-state index in [0.29, 0.717) is 11.6 Å². The maximum absolute atomic E-state index is 12.3. The van der Waals surface area contributed by atoms with Crippen molar-refractivity contribution >= 4 is 33.7 Å². The molecule has 12 heteroatoms. The number of benzene rings is 1. The van der Waals surface area contributed by atoms with Gasteiger partial charge in [-0.2, -0.15) is 17.4 Å². The highest BCUT2D eigenvalue weighted by atomic mass is 35.5. The number of amides is 3. The molecule has 3 amide bonds. The Bertz CT molecular complexity index is 765. The Morgan fingerprint density at radius 2 is 1.78 bits per heavy atom. The smallest absolute Gasteiger partial charge is 0.317 e.